The average Bonchev–Trinajstić information content (AvgIpc) is 2.56. The van der Waals surface area contributed by atoms with Crippen LogP contribution in [0.15, 0.2) is 24.3 Å². The van der Waals surface area contributed by atoms with Gasteiger partial charge in [0.25, 0.3) is 11.8 Å². The summed E-state index contributed by atoms with van der Waals surface area (Å²) in [6.07, 6.45) is 0. The third kappa shape index (κ3) is 1.74. The van der Waals surface area contributed by atoms with E-state index >= 15 is 0 Å². The van der Waals surface area contributed by atoms with E-state index in [4.69, 9.17) is 0 Å². The van der Waals surface area contributed by atoms with Crippen LogP contribution in [-0.4, -0.2) is 34.5 Å². The van der Waals surface area contributed by atoms with Crippen molar-refractivity contribution in [2.24, 2.45) is 5.92 Å². The molecule has 0 saturated heterocycles. The molecule has 0 saturated carbocycles. The Balaban J connectivity index is 2.42. The van der Waals surface area contributed by atoms with Crippen LogP contribution in [0.5, 0.6) is 0 Å². The van der Waals surface area contributed by atoms with Crippen molar-refractivity contribution in [3.63, 3.8) is 0 Å². The van der Waals surface area contributed by atoms with Gasteiger partial charge in [-0.15, -0.1) is 0 Å². The van der Waals surface area contributed by atoms with Gasteiger partial charge in [-0.3, -0.25) is 14.5 Å². The molecular weight excluding hydrogens is 218 g/mol. The molecule has 0 aliphatic carbocycles. The fourth-order valence-corrected chi connectivity index (χ4v) is 2.10. The van der Waals surface area contributed by atoms with Gasteiger partial charge in [0.15, 0.2) is 0 Å². The molecule has 2 rings (SSSR count). The highest BCUT2D eigenvalue weighted by molar-refractivity contribution is 6.21. The van der Waals surface area contributed by atoms with E-state index in [-0.39, 0.29) is 24.3 Å². The van der Waals surface area contributed by atoms with E-state index in [0.29, 0.717) is 11.1 Å². The second-order valence-electron chi connectivity index (χ2n) is 4.52. The van der Waals surface area contributed by atoms with E-state index in [1.807, 2.05) is 13.8 Å². The molecule has 0 spiro atoms. The van der Waals surface area contributed by atoms with E-state index in [9.17, 15) is 14.7 Å². The zero-order valence-corrected chi connectivity index (χ0v) is 9.88. The van der Waals surface area contributed by atoms with Crippen molar-refractivity contribution in [3.05, 3.63) is 35.4 Å². The zero-order chi connectivity index (χ0) is 12.6. The minimum atomic E-state index is -0.456. The van der Waals surface area contributed by atoms with Gasteiger partial charge in [-0.25, -0.2) is 0 Å². The summed E-state index contributed by atoms with van der Waals surface area (Å²) < 4.78 is 0. The number of carbonyl (C=O) groups excluding carboxylic acids is 2. The summed E-state index contributed by atoms with van der Waals surface area (Å²) in [7, 11) is 0. The molecule has 1 N–H and O–H groups in total. The molecule has 2 amide bonds. The lowest BCUT2D eigenvalue weighted by molar-refractivity contribution is 0.0452. The van der Waals surface area contributed by atoms with Crippen LogP contribution in [0, 0.1) is 5.92 Å². The average molecular weight is 233 g/mol. The number of aliphatic hydroxyl groups excluding tert-OH is 1. The van der Waals surface area contributed by atoms with Crippen LogP contribution in [0.2, 0.25) is 0 Å². The number of benzene rings is 1. The molecule has 1 aliphatic heterocycles. The Bertz CT molecular complexity index is 432. The van der Waals surface area contributed by atoms with Crippen molar-refractivity contribution < 1.29 is 14.7 Å². The molecule has 0 fully saturated rings. The number of fused-ring (bicyclic) bond motifs is 1. The molecule has 4 nitrogen and oxygen atoms in total. The molecule has 0 aromatic heterocycles. The first-order valence-electron chi connectivity index (χ1n) is 5.65. The van der Waals surface area contributed by atoms with Crippen molar-refractivity contribution in [1.29, 1.82) is 0 Å². The first kappa shape index (κ1) is 11.8. The number of amides is 2. The Hall–Kier alpha value is -1.68. The van der Waals surface area contributed by atoms with Crippen LogP contribution in [0.25, 0.3) is 0 Å². The second kappa shape index (κ2) is 4.30. The van der Waals surface area contributed by atoms with Crippen molar-refractivity contribution in [2.75, 3.05) is 6.61 Å². The van der Waals surface area contributed by atoms with Crippen molar-refractivity contribution >= 4 is 11.8 Å². The number of aliphatic hydroxyl groups is 1. The van der Waals surface area contributed by atoms with Gasteiger partial charge in [0, 0.05) is 0 Å². The largest absolute Gasteiger partial charge is 0.394 e. The van der Waals surface area contributed by atoms with Gasteiger partial charge in [0.1, 0.15) is 0 Å². The maximum absolute atomic E-state index is 12.1. The van der Waals surface area contributed by atoms with Crippen LogP contribution in [0.1, 0.15) is 34.6 Å². The number of rotatable bonds is 3. The minimum Gasteiger partial charge on any atom is -0.394 e. The molecule has 17 heavy (non-hydrogen) atoms. The predicted molar refractivity (Wildman–Crippen MR) is 62.7 cm³/mol. The van der Waals surface area contributed by atoms with Gasteiger partial charge >= 0.3 is 0 Å². The summed E-state index contributed by atoms with van der Waals surface area (Å²) in [5.74, 6) is -0.584. The van der Waals surface area contributed by atoms with Gasteiger partial charge in [0.05, 0.1) is 23.8 Å². The maximum Gasteiger partial charge on any atom is 0.261 e. The molecule has 0 unspecified atom stereocenters. The van der Waals surface area contributed by atoms with E-state index < -0.39 is 6.04 Å². The van der Waals surface area contributed by atoms with Crippen LogP contribution < -0.4 is 0 Å². The molecule has 1 heterocycles. The summed E-state index contributed by atoms with van der Waals surface area (Å²) in [4.78, 5) is 25.4. The normalized spacial score (nSPS) is 16.6. The number of carbonyl (C=O) groups is 2. The smallest absolute Gasteiger partial charge is 0.261 e. The van der Waals surface area contributed by atoms with Crippen LogP contribution in [-0.2, 0) is 0 Å². The van der Waals surface area contributed by atoms with Crippen LogP contribution in [0.3, 0.4) is 0 Å². The Kier molecular flexibility index (Phi) is 2.98. The topological polar surface area (TPSA) is 57.6 Å². The molecule has 90 valence electrons. The summed E-state index contributed by atoms with van der Waals surface area (Å²) in [6, 6.07) is 6.30. The standard InChI is InChI=1S/C13H15NO3/c1-8(2)11(7-15)14-12(16)9-5-3-4-6-10(9)13(14)17/h3-6,8,11,15H,7H2,1-2H3/t11-/m0/s1. The first-order chi connectivity index (χ1) is 8.07. The van der Waals surface area contributed by atoms with Crippen molar-refractivity contribution in [2.45, 2.75) is 19.9 Å². The number of hydrogen-bond donors (Lipinski definition) is 1. The fourth-order valence-electron chi connectivity index (χ4n) is 2.10. The van der Waals surface area contributed by atoms with E-state index in [1.54, 1.807) is 24.3 Å². The Morgan fingerprint density at radius 2 is 1.59 bits per heavy atom. The first-order valence-corrected chi connectivity index (χ1v) is 5.65. The third-order valence-corrected chi connectivity index (χ3v) is 3.11. The highest BCUT2D eigenvalue weighted by Crippen LogP contribution is 2.26. The monoisotopic (exact) mass is 233 g/mol. The molecule has 1 aliphatic rings. The van der Waals surface area contributed by atoms with Gasteiger partial charge in [-0.2, -0.15) is 0 Å². The SMILES string of the molecule is CC(C)[C@H](CO)N1C(=O)c2ccccc2C1=O. The predicted octanol–water partition coefficient (Wildman–Crippen LogP) is 1.30. The summed E-state index contributed by atoms with van der Waals surface area (Å²) >= 11 is 0. The summed E-state index contributed by atoms with van der Waals surface area (Å²) in [5.41, 5.74) is 0.855. The lowest BCUT2D eigenvalue weighted by Gasteiger charge is -2.27. The minimum absolute atomic E-state index is 0.0298. The lowest BCUT2D eigenvalue weighted by Crippen LogP contribution is -2.45. The molecule has 1 atom stereocenters. The fraction of sp³-hybridized carbons (Fsp3) is 0.385. The van der Waals surface area contributed by atoms with E-state index in [0.717, 1.165) is 0 Å². The Labute approximate surface area is 99.9 Å². The molecule has 1 aromatic rings. The van der Waals surface area contributed by atoms with Gasteiger partial charge in [0.2, 0.25) is 0 Å². The third-order valence-electron chi connectivity index (χ3n) is 3.11. The number of nitrogens with zero attached hydrogens (tertiary/aromatic N) is 1. The maximum atomic E-state index is 12.1. The Morgan fingerprint density at radius 3 is 1.94 bits per heavy atom. The highest BCUT2D eigenvalue weighted by Gasteiger charge is 2.40. The van der Waals surface area contributed by atoms with Crippen LogP contribution in [0.4, 0.5) is 0 Å². The quantitative estimate of drug-likeness (QED) is 0.800. The van der Waals surface area contributed by atoms with Gasteiger partial charge < -0.3 is 5.11 Å². The van der Waals surface area contributed by atoms with Crippen LogP contribution >= 0.6 is 0 Å². The zero-order valence-electron chi connectivity index (χ0n) is 9.88. The lowest BCUT2D eigenvalue weighted by atomic mass is 10.0. The number of hydrogen-bond acceptors (Lipinski definition) is 3. The Morgan fingerprint density at radius 1 is 1.12 bits per heavy atom. The summed E-state index contributed by atoms with van der Waals surface area (Å²) in [5, 5.41) is 9.33. The number of imide groups is 1. The summed E-state index contributed by atoms with van der Waals surface area (Å²) in [6.45, 7) is 3.55. The van der Waals surface area contributed by atoms with E-state index in [1.165, 1.54) is 4.90 Å². The van der Waals surface area contributed by atoms with Crippen molar-refractivity contribution in [1.82, 2.24) is 4.90 Å². The molecular formula is C13H15NO3. The van der Waals surface area contributed by atoms with Crippen molar-refractivity contribution in [3.8, 4) is 0 Å². The molecule has 4 heteroatoms. The molecule has 1 aromatic carbocycles. The highest BCUT2D eigenvalue weighted by atomic mass is 16.3. The molecule has 0 bridgehead atoms. The molecule has 0 radical (unpaired) electrons. The second-order valence-corrected chi connectivity index (χ2v) is 4.52. The van der Waals surface area contributed by atoms with Gasteiger partial charge in [-0.05, 0) is 18.1 Å². The van der Waals surface area contributed by atoms with Gasteiger partial charge in [-0.1, -0.05) is 26.0 Å². The van der Waals surface area contributed by atoms with E-state index in [2.05, 4.69) is 0 Å².